The van der Waals surface area contributed by atoms with Crippen molar-refractivity contribution < 1.29 is 18.0 Å². The van der Waals surface area contributed by atoms with Crippen molar-refractivity contribution in [1.82, 2.24) is 20.5 Å². The van der Waals surface area contributed by atoms with Crippen molar-refractivity contribution in [2.24, 2.45) is 0 Å². The quantitative estimate of drug-likeness (QED) is 0.358. The highest BCUT2D eigenvalue weighted by Gasteiger charge is 2.32. The Morgan fingerprint density at radius 1 is 1.30 bits per heavy atom. The van der Waals surface area contributed by atoms with Crippen LogP contribution in [0.4, 0.5) is 13.2 Å². The van der Waals surface area contributed by atoms with Gasteiger partial charge in [0.2, 0.25) is 6.41 Å². The molecule has 0 aliphatic carbocycles. The molecule has 0 radical (unpaired) electrons. The van der Waals surface area contributed by atoms with Gasteiger partial charge in [-0.05, 0) is 42.0 Å². The number of thiophene rings is 1. The Bertz CT molecular complexity index is 1110. The molecule has 2 aromatic heterocycles. The number of amides is 1. The van der Waals surface area contributed by atoms with Gasteiger partial charge >= 0.3 is 6.18 Å². The minimum absolute atomic E-state index is 0.286. The number of halogens is 3. The fraction of sp³-hybridized carbons (Fsp3) is 0.417. The lowest BCUT2D eigenvalue weighted by Gasteiger charge is -2.20. The number of aryl methyl sites for hydroxylation is 1. The first-order valence-electron chi connectivity index (χ1n) is 11.0. The lowest BCUT2D eigenvalue weighted by molar-refractivity contribution is -0.137. The molecule has 1 aliphatic rings. The highest BCUT2D eigenvalue weighted by atomic mass is 32.1. The summed E-state index contributed by atoms with van der Waals surface area (Å²) < 4.78 is 41.0. The Morgan fingerprint density at radius 2 is 2.12 bits per heavy atom. The summed E-state index contributed by atoms with van der Waals surface area (Å²) in [5, 5.41) is 7.47. The number of aromatic nitrogens is 1. The molecule has 3 heterocycles. The van der Waals surface area contributed by atoms with Crippen LogP contribution in [0.15, 0.2) is 36.5 Å². The third kappa shape index (κ3) is 5.72. The fourth-order valence-electron chi connectivity index (χ4n) is 4.32. The fourth-order valence-corrected chi connectivity index (χ4v) is 5.48. The molecule has 4 rings (SSSR count). The highest BCUT2D eigenvalue weighted by molar-refractivity contribution is 7.19. The number of rotatable bonds is 9. The van der Waals surface area contributed by atoms with Gasteiger partial charge < -0.3 is 10.6 Å². The molecule has 1 aromatic carbocycles. The van der Waals surface area contributed by atoms with Crippen LogP contribution in [-0.2, 0) is 30.5 Å². The van der Waals surface area contributed by atoms with E-state index in [-0.39, 0.29) is 6.04 Å². The summed E-state index contributed by atoms with van der Waals surface area (Å²) in [5.41, 5.74) is 1.73. The third-order valence-electron chi connectivity index (χ3n) is 6.14. The average molecular weight is 477 g/mol. The average Bonchev–Trinajstić information content (AvgIpc) is 3.37. The van der Waals surface area contributed by atoms with E-state index in [0.29, 0.717) is 37.2 Å². The van der Waals surface area contributed by atoms with Gasteiger partial charge in [-0.3, -0.25) is 14.7 Å². The van der Waals surface area contributed by atoms with Crippen molar-refractivity contribution in [3.63, 3.8) is 0 Å². The SMILES string of the molecule is Cc1c(CNC2CCN(Cc3cc(C(F)(F)F)cnc3CCNC=O)C2)sc2ccccc12. The van der Waals surface area contributed by atoms with Gasteiger partial charge in [-0.2, -0.15) is 13.2 Å². The monoisotopic (exact) mass is 476 g/mol. The smallest absolute Gasteiger partial charge is 0.358 e. The molecule has 33 heavy (non-hydrogen) atoms. The molecule has 1 atom stereocenters. The Hall–Kier alpha value is -2.49. The lowest BCUT2D eigenvalue weighted by Crippen LogP contribution is -2.32. The molecule has 1 aliphatic heterocycles. The number of hydrogen-bond acceptors (Lipinski definition) is 5. The molecule has 0 spiro atoms. The van der Waals surface area contributed by atoms with Gasteiger partial charge in [0.25, 0.3) is 0 Å². The molecule has 1 saturated heterocycles. The third-order valence-corrected chi connectivity index (χ3v) is 7.41. The Morgan fingerprint density at radius 3 is 2.88 bits per heavy atom. The summed E-state index contributed by atoms with van der Waals surface area (Å²) in [5.74, 6) is 0. The largest absolute Gasteiger partial charge is 0.417 e. The number of likely N-dealkylation sites (tertiary alicyclic amines) is 1. The molecule has 1 unspecified atom stereocenters. The summed E-state index contributed by atoms with van der Waals surface area (Å²) in [6, 6.07) is 9.88. The van der Waals surface area contributed by atoms with Gasteiger partial charge in [-0.1, -0.05) is 18.2 Å². The van der Waals surface area contributed by atoms with Crippen molar-refractivity contribution in [2.75, 3.05) is 19.6 Å². The first-order chi connectivity index (χ1) is 15.8. The normalized spacial score (nSPS) is 17.0. The molecular weight excluding hydrogens is 449 g/mol. The maximum Gasteiger partial charge on any atom is 0.417 e. The zero-order valence-corrected chi connectivity index (χ0v) is 19.2. The maximum atomic E-state index is 13.2. The number of carbonyl (C=O) groups is 1. The Kier molecular flexibility index (Phi) is 7.31. The molecule has 9 heteroatoms. The minimum Gasteiger partial charge on any atom is -0.358 e. The first-order valence-corrected chi connectivity index (χ1v) is 11.8. The first kappa shape index (κ1) is 23.7. The summed E-state index contributed by atoms with van der Waals surface area (Å²) >= 11 is 1.80. The molecule has 0 saturated carbocycles. The van der Waals surface area contributed by atoms with Crippen LogP contribution >= 0.6 is 11.3 Å². The van der Waals surface area contributed by atoms with E-state index in [0.717, 1.165) is 32.3 Å². The number of fused-ring (bicyclic) bond motifs is 1. The molecule has 1 amide bonds. The van der Waals surface area contributed by atoms with Crippen LogP contribution in [0.1, 0.15) is 33.7 Å². The zero-order valence-electron chi connectivity index (χ0n) is 18.4. The van der Waals surface area contributed by atoms with E-state index in [1.54, 1.807) is 11.3 Å². The minimum atomic E-state index is -4.43. The van der Waals surface area contributed by atoms with Crippen LogP contribution in [0.3, 0.4) is 0 Å². The van der Waals surface area contributed by atoms with Gasteiger partial charge in [-0.25, -0.2) is 0 Å². The second kappa shape index (κ2) is 10.2. The van der Waals surface area contributed by atoms with Crippen LogP contribution in [-0.4, -0.2) is 42.0 Å². The summed E-state index contributed by atoms with van der Waals surface area (Å²) in [6.07, 6.45) is -1.63. The highest BCUT2D eigenvalue weighted by Crippen LogP contribution is 2.32. The number of nitrogens with zero attached hydrogens (tertiary/aromatic N) is 2. The van der Waals surface area contributed by atoms with Crippen LogP contribution in [0.25, 0.3) is 10.1 Å². The second-order valence-corrected chi connectivity index (χ2v) is 9.53. The van der Waals surface area contributed by atoms with Crippen LogP contribution < -0.4 is 10.6 Å². The number of alkyl halides is 3. The van der Waals surface area contributed by atoms with Gasteiger partial charge in [-0.15, -0.1) is 11.3 Å². The van der Waals surface area contributed by atoms with E-state index in [4.69, 9.17) is 0 Å². The van der Waals surface area contributed by atoms with Crippen LogP contribution in [0.2, 0.25) is 0 Å². The van der Waals surface area contributed by atoms with Gasteiger partial charge in [0.15, 0.2) is 0 Å². The molecule has 176 valence electrons. The van der Waals surface area contributed by atoms with Gasteiger partial charge in [0, 0.05) is 66.7 Å². The van der Waals surface area contributed by atoms with E-state index in [2.05, 4.69) is 51.7 Å². The van der Waals surface area contributed by atoms with E-state index in [9.17, 15) is 18.0 Å². The maximum absolute atomic E-state index is 13.2. The summed E-state index contributed by atoms with van der Waals surface area (Å²) in [6.45, 7) is 5.27. The molecule has 3 aromatic rings. The molecule has 1 fully saturated rings. The van der Waals surface area contributed by atoms with Crippen molar-refractivity contribution in [2.45, 2.75) is 45.1 Å². The van der Waals surface area contributed by atoms with Gasteiger partial charge in [0.05, 0.1) is 5.56 Å². The van der Waals surface area contributed by atoms with Crippen molar-refractivity contribution in [3.05, 3.63) is 63.8 Å². The number of hydrogen-bond donors (Lipinski definition) is 2. The number of benzene rings is 1. The van der Waals surface area contributed by atoms with Crippen molar-refractivity contribution in [3.8, 4) is 0 Å². The summed E-state index contributed by atoms with van der Waals surface area (Å²) in [7, 11) is 0. The number of nitrogens with one attached hydrogen (secondary N) is 2. The molecular formula is C24H27F3N4OS. The van der Waals surface area contributed by atoms with E-state index in [1.165, 1.54) is 26.6 Å². The van der Waals surface area contributed by atoms with Crippen LogP contribution in [0, 0.1) is 6.92 Å². The van der Waals surface area contributed by atoms with Crippen molar-refractivity contribution in [1.29, 1.82) is 0 Å². The second-order valence-electron chi connectivity index (χ2n) is 8.40. The van der Waals surface area contributed by atoms with E-state index >= 15 is 0 Å². The predicted octanol–water partition coefficient (Wildman–Crippen LogP) is 4.28. The summed E-state index contributed by atoms with van der Waals surface area (Å²) in [4.78, 5) is 18.1. The molecule has 5 nitrogen and oxygen atoms in total. The standard InChI is InChI=1S/C24H27F3N4OS/c1-16-20-4-2-3-5-22(20)33-23(16)12-29-19-7-9-31(14-19)13-17-10-18(24(25,26)27)11-30-21(17)6-8-28-15-32/h2-5,10-11,15,19,29H,6-9,12-14H2,1H3,(H,28,32). The van der Waals surface area contributed by atoms with E-state index < -0.39 is 11.7 Å². The molecule has 2 N–H and O–H groups in total. The van der Waals surface area contributed by atoms with Gasteiger partial charge in [0.1, 0.15) is 0 Å². The Balaban J connectivity index is 1.39. The topological polar surface area (TPSA) is 57.3 Å². The predicted molar refractivity (Wildman–Crippen MR) is 124 cm³/mol. The van der Waals surface area contributed by atoms with Crippen LogP contribution in [0.5, 0.6) is 0 Å². The van der Waals surface area contributed by atoms with E-state index in [1.807, 2.05) is 0 Å². The van der Waals surface area contributed by atoms with Crippen molar-refractivity contribution >= 4 is 27.8 Å². The number of pyridine rings is 1. The lowest BCUT2D eigenvalue weighted by atomic mass is 10.1. The zero-order chi connectivity index (χ0) is 23.4. The number of carbonyl (C=O) groups excluding carboxylic acids is 1. The molecule has 0 bridgehead atoms. The Labute approximate surface area is 195 Å².